The van der Waals surface area contributed by atoms with E-state index in [9.17, 15) is 0 Å². The molecule has 0 aromatic rings. The van der Waals surface area contributed by atoms with Crippen LogP contribution in [0.1, 0.15) is 58.8 Å². The molecule has 0 spiro atoms. The van der Waals surface area contributed by atoms with Gasteiger partial charge in [-0.25, -0.2) is 0 Å². The Kier molecular flexibility index (Phi) is 14.6. The highest BCUT2D eigenvalue weighted by atomic mass is 35.5. The molecular formula is C14H28ClN. The molecule has 16 heavy (non-hydrogen) atoms. The second-order valence-corrected chi connectivity index (χ2v) is 4.52. The molecule has 0 saturated carbocycles. The lowest BCUT2D eigenvalue weighted by Crippen LogP contribution is -2.29. The minimum absolute atomic E-state index is 0. The Balaban J connectivity index is 0. The van der Waals surface area contributed by atoms with Crippen LogP contribution in [-0.4, -0.2) is 24.5 Å². The van der Waals surface area contributed by atoms with Crippen LogP contribution in [-0.2, 0) is 0 Å². The monoisotopic (exact) mass is 245 g/mol. The van der Waals surface area contributed by atoms with E-state index in [1.165, 1.54) is 44.9 Å². The van der Waals surface area contributed by atoms with Gasteiger partial charge in [0.1, 0.15) is 0 Å². The maximum atomic E-state index is 5.29. The van der Waals surface area contributed by atoms with Gasteiger partial charge in [0.05, 0.1) is 6.54 Å². The molecule has 0 heterocycles. The summed E-state index contributed by atoms with van der Waals surface area (Å²) in [5.41, 5.74) is 0. The van der Waals surface area contributed by atoms with Gasteiger partial charge in [0, 0.05) is 6.04 Å². The molecule has 0 amide bonds. The van der Waals surface area contributed by atoms with Crippen molar-refractivity contribution in [1.82, 2.24) is 4.90 Å². The third-order valence-electron chi connectivity index (χ3n) is 3.07. The second kappa shape index (κ2) is 12.9. The zero-order valence-corrected chi connectivity index (χ0v) is 12.0. The molecule has 0 rings (SSSR count). The third-order valence-corrected chi connectivity index (χ3v) is 3.07. The van der Waals surface area contributed by atoms with E-state index in [1.54, 1.807) is 0 Å². The summed E-state index contributed by atoms with van der Waals surface area (Å²) in [6.07, 6.45) is 14.8. The number of rotatable bonds is 9. The largest absolute Gasteiger partial charge is 0.293 e. The molecule has 0 fully saturated rings. The third kappa shape index (κ3) is 10.3. The van der Waals surface area contributed by atoms with Crippen LogP contribution >= 0.6 is 12.4 Å². The van der Waals surface area contributed by atoms with Crippen LogP contribution in [0.15, 0.2) is 0 Å². The van der Waals surface area contributed by atoms with E-state index in [0.29, 0.717) is 6.04 Å². The lowest BCUT2D eigenvalue weighted by atomic mass is 10.1. The van der Waals surface area contributed by atoms with Crippen LogP contribution in [0.5, 0.6) is 0 Å². The molecule has 1 unspecified atom stereocenters. The van der Waals surface area contributed by atoms with E-state index >= 15 is 0 Å². The van der Waals surface area contributed by atoms with Crippen LogP contribution in [0.25, 0.3) is 0 Å². The lowest BCUT2D eigenvalue weighted by Gasteiger charge is -2.22. The maximum absolute atomic E-state index is 5.29. The van der Waals surface area contributed by atoms with Crippen LogP contribution in [0, 0.1) is 12.3 Å². The van der Waals surface area contributed by atoms with Crippen LogP contribution in [0.4, 0.5) is 0 Å². The van der Waals surface area contributed by atoms with Crippen LogP contribution in [0.3, 0.4) is 0 Å². The molecule has 0 bridgehead atoms. The summed E-state index contributed by atoms with van der Waals surface area (Å²) in [5, 5.41) is 0. The fourth-order valence-corrected chi connectivity index (χ4v) is 1.74. The van der Waals surface area contributed by atoms with Crippen molar-refractivity contribution in [2.24, 2.45) is 0 Å². The van der Waals surface area contributed by atoms with Gasteiger partial charge in [0.15, 0.2) is 0 Å². The molecule has 0 aliphatic rings. The van der Waals surface area contributed by atoms with Crippen molar-refractivity contribution in [3.63, 3.8) is 0 Å². The lowest BCUT2D eigenvalue weighted by molar-refractivity contribution is 0.268. The highest BCUT2D eigenvalue weighted by Crippen LogP contribution is 2.10. The van der Waals surface area contributed by atoms with E-state index < -0.39 is 0 Å². The van der Waals surface area contributed by atoms with E-state index in [1.807, 2.05) is 0 Å². The summed E-state index contributed by atoms with van der Waals surface area (Å²) in [4.78, 5) is 2.26. The highest BCUT2D eigenvalue weighted by molar-refractivity contribution is 5.85. The number of halogens is 1. The van der Waals surface area contributed by atoms with Gasteiger partial charge in [0.25, 0.3) is 0 Å². The zero-order chi connectivity index (χ0) is 11.5. The van der Waals surface area contributed by atoms with Gasteiger partial charge in [-0.2, -0.15) is 0 Å². The normalized spacial score (nSPS) is 11.9. The van der Waals surface area contributed by atoms with Crippen molar-refractivity contribution in [2.45, 2.75) is 64.8 Å². The van der Waals surface area contributed by atoms with E-state index in [2.05, 4.69) is 31.7 Å². The standard InChI is InChI=1S/C14H27N.ClH/c1-5-7-8-9-10-11-12-14(3)15(4)13-6-2;/h2,14H,5,7-13H2,1,3-4H3;1H. The van der Waals surface area contributed by atoms with Crippen molar-refractivity contribution in [1.29, 1.82) is 0 Å². The molecule has 1 atom stereocenters. The first-order valence-electron chi connectivity index (χ1n) is 6.36. The molecular weight excluding hydrogens is 218 g/mol. The van der Waals surface area contributed by atoms with Crippen molar-refractivity contribution in [3.8, 4) is 12.3 Å². The minimum atomic E-state index is 0. The molecule has 0 N–H and O–H groups in total. The molecule has 0 aliphatic carbocycles. The quantitative estimate of drug-likeness (QED) is 0.437. The Morgan fingerprint density at radius 3 is 2.25 bits per heavy atom. The highest BCUT2D eigenvalue weighted by Gasteiger charge is 2.06. The summed E-state index contributed by atoms with van der Waals surface area (Å²) in [7, 11) is 2.11. The summed E-state index contributed by atoms with van der Waals surface area (Å²) in [5.74, 6) is 2.69. The van der Waals surface area contributed by atoms with E-state index in [-0.39, 0.29) is 12.4 Å². The molecule has 0 saturated heterocycles. The second-order valence-electron chi connectivity index (χ2n) is 4.52. The average molecular weight is 246 g/mol. The van der Waals surface area contributed by atoms with Gasteiger partial charge in [-0.05, 0) is 20.4 Å². The fourth-order valence-electron chi connectivity index (χ4n) is 1.74. The number of hydrogen-bond donors (Lipinski definition) is 0. The van der Waals surface area contributed by atoms with Crippen molar-refractivity contribution in [2.75, 3.05) is 13.6 Å². The first-order chi connectivity index (χ1) is 7.22. The van der Waals surface area contributed by atoms with Gasteiger partial charge in [-0.3, -0.25) is 4.90 Å². The summed E-state index contributed by atoms with van der Waals surface area (Å²) in [6.45, 7) is 5.30. The van der Waals surface area contributed by atoms with E-state index in [4.69, 9.17) is 6.42 Å². The van der Waals surface area contributed by atoms with Gasteiger partial charge in [-0.1, -0.05) is 51.4 Å². The Labute approximate surface area is 108 Å². The number of hydrogen-bond acceptors (Lipinski definition) is 1. The topological polar surface area (TPSA) is 3.24 Å². The number of nitrogens with zero attached hydrogens (tertiary/aromatic N) is 1. The summed E-state index contributed by atoms with van der Waals surface area (Å²) < 4.78 is 0. The zero-order valence-electron chi connectivity index (χ0n) is 11.2. The first kappa shape index (κ1) is 18.2. The van der Waals surface area contributed by atoms with Gasteiger partial charge in [-0.15, -0.1) is 18.8 Å². The molecule has 96 valence electrons. The molecule has 0 aromatic heterocycles. The Morgan fingerprint density at radius 2 is 1.69 bits per heavy atom. The smallest absolute Gasteiger partial charge is 0.0598 e. The molecule has 0 aliphatic heterocycles. The van der Waals surface area contributed by atoms with Crippen LogP contribution < -0.4 is 0 Å². The fraction of sp³-hybridized carbons (Fsp3) is 0.857. The van der Waals surface area contributed by atoms with Gasteiger partial charge < -0.3 is 0 Å². The predicted molar refractivity (Wildman–Crippen MR) is 76.2 cm³/mol. The molecule has 1 nitrogen and oxygen atoms in total. The van der Waals surface area contributed by atoms with Gasteiger partial charge >= 0.3 is 0 Å². The Bertz CT molecular complexity index is 174. The average Bonchev–Trinajstić information content (AvgIpc) is 2.23. The maximum Gasteiger partial charge on any atom is 0.0598 e. The molecule has 2 heteroatoms. The number of terminal acetylenes is 1. The number of unbranched alkanes of at least 4 members (excludes halogenated alkanes) is 5. The summed E-state index contributed by atoms with van der Waals surface area (Å²) >= 11 is 0. The van der Waals surface area contributed by atoms with E-state index in [0.717, 1.165) is 6.54 Å². The van der Waals surface area contributed by atoms with Gasteiger partial charge in [0.2, 0.25) is 0 Å². The molecule has 0 aromatic carbocycles. The van der Waals surface area contributed by atoms with Crippen molar-refractivity contribution in [3.05, 3.63) is 0 Å². The summed E-state index contributed by atoms with van der Waals surface area (Å²) in [6, 6.07) is 0.632. The Hall–Kier alpha value is -0.190. The first-order valence-corrected chi connectivity index (χ1v) is 6.36. The Morgan fingerprint density at radius 1 is 1.12 bits per heavy atom. The van der Waals surface area contributed by atoms with Crippen molar-refractivity contribution >= 4 is 12.4 Å². The molecule has 0 radical (unpaired) electrons. The SMILES string of the molecule is C#CCN(C)C(C)CCCCCCCC.Cl. The van der Waals surface area contributed by atoms with Crippen molar-refractivity contribution < 1.29 is 0 Å². The van der Waals surface area contributed by atoms with Crippen LogP contribution in [0.2, 0.25) is 0 Å². The predicted octanol–water partition coefficient (Wildman–Crippen LogP) is 4.11. The minimum Gasteiger partial charge on any atom is -0.293 e.